The maximum absolute atomic E-state index is 12.8. The average molecular weight is 359 g/mol. The van der Waals surface area contributed by atoms with E-state index in [4.69, 9.17) is 4.74 Å². The highest BCUT2D eigenvalue weighted by molar-refractivity contribution is 5.79. The summed E-state index contributed by atoms with van der Waals surface area (Å²) >= 11 is 0. The second-order valence-corrected chi connectivity index (χ2v) is 6.66. The Kier molecular flexibility index (Phi) is 5.92. The molecule has 0 aliphatic heterocycles. The summed E-state index contributed by atoms with van der Waals surface area (Å²) in [6.45, 7) is 2.02. The number of hydrogen-bond acceptors (Lipinski definition) is 2. The first-order chi connectivity index (χ1) is 13.1. The summed E-state index contributed by atoms with van der Waals surface area (Å²) in [5.74, 6) is 0.887. The van der Waals surface area contributed by atoms with Crippen LogP contribution in [-0.4, -0.2) is 25.0 Å². The Bertz CT molecular complexity index is 888. The van der Waals surface area contributed by atoms with Crippen molar-refractivity contribution >= 4 is 5.91 Å². The van der Waals surface area contributed by atoms with E-state index in [-0.39, 0.29) is 11.9 Å². The van der Waals surface area contributed by atoms with Crippen LogP contribution in [0.4, 0.5) is 0 Å². The van der Waals surface area contributed by atoms with Crippen molar-refractivity contribution in [2.45, 2.75) is 19.4 Å². The highest BCUT2D eigenvalue weighted by Crippen LogP contribution is 2.28. The van der Waals surface area contributed by atoms with Crippen LogP contribution in [0.25, 0.3) is 11.1 Å². The van der Waals surface area contributed by atoms with Crippen LogP contribution in [0.5, 0.6) is 5.75 Å². The van der Waals surface area contributed by atoms with Crippen LogP contribution in [0.2, 0.25) is 0 Å². The summed E-state index contributed by atoms with van der Waals surface area (Å²) in [4.78, 5) is 14.5. The van der Waals surface area contributed by atoms with E-state index in [1.54, 1.807) is 12.0 Å². The van der Waals surface area contributed by atoms with E-state index in [0.29, 0.717) is 6.42 Å². The lowest BCUT2D eigenvalue weighted by molar-refractivity contribution is -0.131. The van der Waals surface area contributed by atoms with Crippen molar-refractivity contribution in [2.75, 3.05) is 14.2 Å². The molecule has 3 rings (SSSR count). The zero-order chi connectivity index (χ0) is 19.2. The number of amides is 1. The van der Waals surface area contributed by atoms with Gasteiger partial charge in [0.25, 0.3) is 0 Å². The molecule has 0 fully saturated rings. The second-order valence-electron chi connectivity index (χ2n) is 6.66. The molecule has 138 valence electrons. The summed E-state index contributed by atoms with van der Waals surface area (Å²) in [5.41, 5.74) is 4.36. The molecule has 0 aromatic heterocycles. The molecule has 0 aliphatic rings. The molecular formula is C24H25NO2. The van der Waals surface area contributed by atoms with Crippen LogP contribution in [0.1, 0.15) is 24.1 Å². The van der Waals surface area contributed by atoms with E-state index in [1.807, 2.05) is 68.6 Å². The number of ether oxygens (including phenoxy) is 1. The van der Waals surface area contributed by atoms with Crippen LogP contribution in [0, 0.1) is 0 Å². The summed E-state index contributed by atoms with van der Waals surface area (Å²) in [6, 6.07) is 26.2. The van der Waals surface area contributed by atoms with Crippen LogP contribution in [-0.2, 0) is 11.2 Å². The van der Waals surface area contributed by atoms with Gasteiger partial charge in [0.1, 0.15) is 5.75 Å². The van der Waals surface area contributed by atoms with Crippen LogP contribution >= 0.6 is 0 Å². The normalized spacial score (nSPS) is 11.7. The molecule has 3 nitrogen and oxygen atoms in total. The standard InChI is InChI=1S/C24H25NO2/c1-18(22-11-7-8-12-23(22)27-3)25(2)24(26)17-19-13-15-21(16-14-19)20-9-5-4-6-10-20/h4-16,18H,17H2,1-3H3. The van der Waals surface area contributed by atoms with Gasteiger partial charge >= 0.3 is 0 Å². The fraction of sp³-hybridized carbons (Fsp3) is 0.208. The molecule has 0 radical (unpaired) electrons. The van der Waals surface area contributed by atoms with E-state index in [1.165, 1.54) is 5.56 Å². The molecular weight excluding hydrogens is 334 g/mol. The number of hydrogen-bond donors (Lipinski definition) is 0. The minimum atomic E-state index is -0.0581. The third kappa shape index (κ3) is 4.37. The lowest BCUT2D eigenvalue weighted by atomic mass is 10.0. The fourth-order valence-corrected chi connectivity index (χ4v) is 3.18. The van der Waals surface area contributed by atoms with E-state index in [2.05, 4.69) is 24.3 Å². The molecule has 3 aromatic rings. The molecule has 0 spiro atoms. The quantitative estimate of drug-likeness (QED) is 0.611. The molecule has 3 heteroatoms. The first kappa shape index (κ1) is 18.7. The molecule has 3 aromatic carbocycles. The molecule has 1 unspecified atom stereocenters. The minimum Gasteiger partial charge on any atom is -0.496 e. The largest absolute Gasteiger partial charge is 0.496 e. The number of carbonyl (C=O) groups is 1. The Hall–Kier alpha value is -3.07. The van der Waals surface area contributed by atoms with Gasteiger partial charge in [0.2, 0.25) is 5.91 Å². The highest BCUT2D eigenvalue weighted by Gasteiger charge is 2.20. The minimum absolute atomic E-state index is 0.0581. The Morgan fingerprint density at radius 1 is 0.889 bits per heavy atom. The van der Waals surface area contributed by atoms with E-state index in [0.717, 1.165) is 22.4 Å². The molecule has 0 bridgehead atoms. The van der Waals surface area contributed by atoms with Crippen molar-refractivity contribution in [1.82, 2.24) is 4.90 Å². The molecule has 0 saturated carbocycles. The Labute approximate surface area is 161 Å². The number of likely N-dealkylation sites (N-methyl/N-ethyl adjacent to an activating group) is 1. The number of rotatable bonds is 6. The monoisotopic (exact) mass is 359 g/mol. The van der Waals surface area contributed by atoms with Gasteiger partial charge in [0.15, 0.2) is 0 Å². The number of carbonyl (C=O) groups excluding carboxylic acids is 1. The molecule has 27 heavy (non-hydrogen) atoms. The summed E-state index contributed by atoms with van der Waals surface area (Å²) < 4.78 is 5.43. The topological polar surface area (TPSA) is 29.5 Å². The maximum atomic E-state index is 12.8. The zero-order valence-electron chi connectivity index (χ0n) is 16.1. The van der Waals surface area contributed by atoms with Gasteiger partial charge in [-0.3, -0.25) is 4.79 Å². The Morgan fingerprint density at radius 3 is 2.15 bits per heavy atom. The average Bonchev–Trinajstić information content (AvgIpc) is 2.73. The smallest absolute Gasteiger partial charge is 0.227 e. The van der Waals surface area contributed by atoms with Crippen LogP contribution in [0.3, 0.4) is 0 Å². The fourth-order valence-electron chi connectivity index (χ4n) is 3.18. The molecule has 0 N–H and O–H groups in total. The van der Waals surface area contributed by atoms with Gasteiger partial charge in [0.05, 0.1) is 19.6 Å². The van der Waals surface area contributed by atoms with Gasteiger partial charge in [-0.15, -0.1) is 0 Å². The van der Waals surface area contributed by atoms with Crippen molar-refractivity contribution < 1.29 is 9.53 Å². The van der Waals surface area contributed by atoms with E-state index >= 15 is 0 Å². The predicted octanol–water partition coefficient (Wildman–Crippen LogP) is 5.12. The summed E-state index contributed by atoms with van der Waals surface area (Å²) in [5, 5.41) is 0. The first-order valence-corrected chi connectivity index (χ1v) is 9.13. The molecule has 1 amide bonds. The number of benzene rings is 3. The number of methoxy groups -OCH3 is 1. The molecule has 1 atom stereocenters. The number of nitrogens with zero attached hydrogens (tertiary/aromatic N) is 1. The van der Waals surface area contributed by atoms with Gasteiger partial charge in [-0.1, -0.05) is 72.8 Å². The highest BCUT2D eigenvalue weighted by atomic mass is 16.5. The van der Waals surface area contributed by atoms with Gasteiger partial charge in [-0.2, -0.15) is 0 Å². The van der Waals surface area contributed by atoms with Gasteiger partial charge in [0, 0.05) is 12.6 Å². The molecule has 0 heterocycles. The van der Waals surface area contributed by atoms with Gasteiger partial charge < -0.3 is 9.64 Å². The van der Waals surface area contributed by atoms with Crippen LogP contribution in [0.15, 0.2) is 78.9 Å². The van der Waals surface area contributed by atoms with Crippen molar-refractivity contribution in [2.24, 2.45) is 0 Å². The third-order valence-electron chi connectivity index (χ3n) is 4.98. The lowest BCUT2D eigenvalue weighted by Crippen LogP contribution is -2.31. The van der Waals surface area contributed by atoms with E-state index < -0.39 is 0 Å². The Morgan fingerprint density at radius 2 is 1.48 bits per heavy atom. The van der Waals surface area contributed by atoms with Crippen LogP contribution < -0.4 is 4.74 Å². The van der Waals surface area contributed by atoms with Gasteiger partial charge in [-0.05, 0) is 29.7 Å². The van der Waals surface area contributed by atoms with Crippen molar-refractivity contribution in [3.63, 3.8) is 0 Å². The van der Waals surface area contributed by atoms with E-state index in [9.17, 15) is 4.79 Å². The summed E-state index contributed by atoms with van der Waals surface area (Å²) in [7, 11) is 3.50. The zero-order valence-corrected chi connectivity index (χ0v) is 16.1. The maximum Gasteiger partial charge on any atom is 0.227 e. The molecule has 0 aliphatic carbocycles. The van der Waals surface area contributed by atoms with Crippen molar-refractivity contribution in [1.29, 1.82) is 0 Å². The van der Waals surface area contributed by atoms with Crippen molar-refractivity contribution in [3.8, 4) is 16.9 Å². The lowest BCUT2D eigenvalue weighted by Gasteiger charge is -2.26. The molecule has 0 saturated heterocycles. The Balaban J connectivity index is 1.69. The SMILES string of the molecule is COc1ccccc1C(C)N(C)C(=O)Cc1ccc(-c2ccccc2)cc1. The first-order valence-electron chi connectivity index (χ1n) is 9.13. The van der Waals surface area contributed by atoms with Gasteiger partial charge in [-0.25, -0.2) is 0 Å². The third-order valence-corrected chi connectivity index (χ3v) is 4.98. The van der Waals surface area contributed by atoms with Crippen molar-refractivity contribution in [3.05, 3.63) is 90.0 Å². The number of para-hydroxylation sites is 1. The summed E-state index contributed by atoms with van der Waals surface area (Å²) in [6.07, 6.45) is 0.380. The predicted molar refractivity (Wildman–Crippen MR) is 110 cm³/mol. The second kappa shape index (κ2) is 8.54.